The first kappa shape index (κ1) is 28.3. The van der Waals surface area contributed by atoms with Gasteiger partial charge in [0, 0.05) is 0 Å². The lowest BCUT2D eigenvalue weighted by Gasteiger charge is -2.28. The highest BCUT2D eigenvalue weighted by atomic mass is 79.9. The molecular formula is C34H30BrO3P. The Morgan fingerprint density at radius 1 is 0.590 bits per heavy atom. The molecule has 5 heteroatoms. The minimum atomic E-state index is -2.07. The van der Waals surface area contributed by atoms with Crippen molar-refractivity contribution in [1.29, 1.82) is 0 Å². The number of hydrogen-bond acceptors (Lipinski definition) is 3. The fourth-order valence-corrected chi connectivity index (χ4v) is 9.14. The Balaban J connectivity index is 0.00000353. The molecule has 0 fully saturated rings. The topological polar surface area (TPSA) is 35.5 Å². The molecule has 0 atom stereocenters. The molecule has 0 aliphatic rings. The van der Waals surface area contributed by atoms with E-state index >= 15 is 0 Å². The number of halogens is 1. The highest BCUT2D eigenvalue weighted by molar-refractivity contribution is 7.95. The second kappa shape index (κ2) is 13.4. The van der Waals surface area contributed by atoms with E-state index in [0.717, 1.165) is 11.7 Å². The van der Waals surface area contributed by atoms with Gasteiger partial charge >= 0.3 is 5.97 Å². The lowest BCUT2D eigenvalue weighted by molar-refractivity contribution is -0.0000262. The molecule has 0 aliphatic heterocycles. The minimum absolute atomic E-state index is 0. The summed E-state index contributed by atoms with van der Waals surface area (Å²) in [7, 11) is -0.467. The van der Waals surface area contributed by atoms with Gasteiger partial charge in [0.15, 0.2) is 0 Å². The largest absolute Gasteiger partial charge is 1.00 e. The van der Waals surface area contributed by atoms with E-state index in [0.29, 0.717) is 11.3 Å². The van der Waals surface area contributed by atoms with Crippen molar-refractivity contribution in [2.24, 2.45) is 0 Å². The first-order valence-electron chi connectivity index (χ1n) is 12.6. The quantitative estimate of drug-likeness (QED) is 0.193. The van der Waals surface area contributed by atoms with E-state index in [1.54, 1.807) is 31.4 Å². The molecule has 0 aromatic heterocycles. The zero-order valence-electron chi connectivity index (χ0n) is 21.7. The lowest BCUT2D eigenvalue weighted by atomic mass is 10.1. The van der Waals surface area contributed by atoms with E-state index in [-0.39, 0.29) is 29.6 Å². The van der Waals surface area contributed by atoms with Crippen LogP contribution in [0.15, 0.2) is 140 Å². The first-order valence-corrected chi connectivity index (χ1v) is 14.6. The summed E-state index contributed by atoms with van der Waals surface area (Å²) in [5.74, 6) is 0.354. The molecule has 5 aromatic carbocycles. The third kappa shape index (κ3) is 6.30. The number of hydrogen-bond donors (Lipinski definition) is 0. The molecular weight excluding hydrogens is 567 g/mol. The monoisotopic (exact) mass is 596 g/mol. The van der Waals surface area contributed by atoms with Gasteiger partial charge in [-0.1, -0.05) is 78.9 Å². The van der Waals surface area contributed by atoms with E-state index < -0.39 is 7.26 Å². The third-order valence-electron chi connectivity index (χ3n) is 6.80. The maximum absolute atomic E-state index is 12.8. The number of esters is 1. The van der Waals surface area contributed by atoms with E-state index in [4.69, 9.17) is 9.47 Å². The number of methoxy groups -OCH3 is 1. The summed E-state index contributed by atoms with van der Waals surface area (Å²) in [5, 5.41) is 3.97. The second-order valence-corrected chi connectivity index (χ2v) is 12.5. The van der Waals surface area contributed by atoms with Crippen LogP contribution in [0.25, 0.3) is 0 Å². The summed E-state index contributed by atoms with van der Waals surface area (Å²) in [6.45, 7) is 0.208. The van der Waals surface area contributed by atoms with Crippen LogP contribution >= 0.6 is 7.26 Å². The molecule has 3 nitrogen and oxygen atoms in total. The van der Waals surface area contributed by atoms with Crippen LogP contribution in [0.5, 0.6) is 5.75 Å². The fourth-order valence-electron chi connectivity index (χ4n) is 4.83. The maximum atomic E-state index is 12.8. The van der Waals surface area contributed by atoms with Crippen molar-refractivity contribution in [1.82, 2.24) is 0 Å². The van der Waals surface area contributed by atoms with Gasteiger partial charge in [-0.15, -0.1) is 0 Å². The van der Waals surface area contributed by atoms with Gasteiger partial charge in [0.05, 0.1) is 18.8 Å². The van der Waals surface area contributed by atoms with Crippen molar-refractivity contribution >= 4 is 29.1 Å². The highest BCUT2D eigenvalue weighted by Crippen LogP contribution is 2.58. The Morgan fingerprint density at radius 2 is 1.03 bits per heavy atom. The Hall–Kier alpha value is -3.72. The van der Waals surface area contributed by atoms with Crippen molar-refractivity contribution in [3.8, 4) is 5.75 Å². The van der Waals surface area contributed by atoms with Crippen molar-refractivity contribution in [2.45, 2.75) is 12.8 Å². The Labute approximate surface area is 241 Å². The van der Waals surface area contributed by atoms with Crippen LogP contribution in [0.2, 0.25) is 0 Å². The van der Waals surface area contributed by atoms with Crippen molar-refractivity contribution in [2.75, 3.05) is 7.11 Å². The Kier molecular flexibility index (Phi) is 9.70. The van der Waals surface area contributed by atoms with Crippen LogP contribution in [0.4, 0.5) is 0 Å². The molecule has 0 N–H and O–H groups in total. The standard InChI is InChI=1S/C34H30O3P.BrH/c1-36-30-23-21-27(22-24-30)34(35)37-25-28-13-11-12-14-29(28)26-38(31-15-5-2-6-16-31,32-17-7-3-8-18-32)33-19-9-4-10-20-33;/h2-24H,25-26H2,1H3;1H/q+1;/p-1. The molecule has 5 rings (SSSR count). The van der Waals surface area contributed by atoms with E-state index in [2.05, 4.69) is 109 Å². The second-order valence-electron chi connectivity index (χ2n) is 9.05. The molecule has 5 aromatic rings. The maximum Gasteiger partial charge on any atom is 0.338 e. The summed E-state index contributed by atoms with van der Waals surface area (Å²) in [4.78, 5) is 12.8. The molecule has 196 valence electrons. The summed E-state index contributed by atoms with van der Waals surface area (Å²) >= 11 is 0. The molecule has 39 heavy (non-hydrogen) atoms. The van der Waals surface area contributed by atoms with Gasteiger partial charge in [-0.2, -0.15) is 0 Å². The summed E-state index contributed by atoms with van der Waals surface area (Å²) in [6, 6.07) is 47.7. The Morgan fingerprint density at radius 3 is 1.49 bits per heavy atom. The van der Waals surface area contributed by atoms with Gasteiger partial charge in [0.25, 0.3) is 0 Å². The van der Waals surface area contributed by atoms with Gasteiger partial charge in [0.2, 0.25) is 0 Å². The molecule has 0 aliphatic carbocycles. The fraction of sp³-hybridized carbons (Fsp3) is 0.0882. The van der Waals surface area contributed by atoms with Gasteiger partial charge < -0.3 is 26.5 Å². The van der Waals surface area contributed by atoms with Crippen LogP contribution in [-0.2, 0) is 17.5 Å². The van der Waals surface area contributed by atoms with Crippen LogP contribution in [0.1, 0.15) is 21.5 Å². The van der Waals surface area contributed by atoms with Gasteiger partial charge in [-0.05, 0) is 71.8 Å². The van der Waals surface area contributed by atoms with Crippen LogP contribution in [0, 0.1) is 0 Å². The Bertz CT molecular complexity index is 1380. The average Bonchev–Trinajstić information content (AvgIpc) is 3.00. The minimum Gasteiger partial charge on any atom is -1.00 e. The van der Waals surface area contributed by atoms with Crippen LogP contribution in [-0.4, -0.2) is 13.1 Å². The third-order valence-corrected chi connectivity index (χ3v) is 11.2. The van der Waals surface area contributed by atoms with Crippen LogP contribution in [0.3, 0.4) is 0 Å². The smallest absolute Gasteiger partial charge is 0.338 e. The zero-order chi connectivity index (χ0) is 26.2. The molecule has 0 unspecified atom stereocenters. The summed E-state index contributed by atoms with van der Waals surface area (Å²) < 4.78 is 11.0. The van der Waals surface area contributed by atoms with Crippen LogP contribution < -0.4 is 37.6 Å². The van der Waals surface area contributed by atoms with Crippen molar-refractivity contribution in [3.63, 3.8) is 0 Å². The molecule has 0 bridgehead atoms. The number of ether oxygens (including phenoxy) is 2. The predicted molar refractivity (Wildman–Crippen MR) is 157 cm³/mol. The molecule has 0 spiro atoms. The molecule has 0 amide bonds. The molecule has 0 saturated carbocycles. The van der Waals surface area contributed by atoms with Crippen molar-refractivity contribution < 1.29 is 31.2 Å². The summed E-state index contributed by atoms with van der Waals surface area (Å²) in [6.07, 6.45) is 0.821. The average molecular weight is 597 g/mol. The molecule has 0 radical (unpaired) electrons. The van der Waals surface area contributed by atoms with E-state index in [1.807, 2.05) is 6.07 Å². The normalized spacial score (nSPS) is 10.8. The lowest BCUT2D eigenvalue weighted by Crippen LogP contribution is -3.00. The predicted octanol–water partition coefficient (Wildman–Crippen LogP) is 3.55. The number of carbonyl (C=O) groups excluding carboxylic acids is 1. The number of benzene rings is 5. The summed E-state index contributed by atoms with van der Waals surface area (Å²) in [5.41, 5.74) is 2.70. The molecule has 0 saturated heterocycles. The number of rotatable bonds is 9. The first-order chi connectivity index (χ1) is 18.7. The molecule has 0 heterocycles. The van der Waals surface area contributed by atoms with Crippen molar-refractivity contribution in [3.05, 3.63) is 156 Å². The van der Waals surface area contributed by atoms with Gasteiger partial charge in [-0.3, -0.25) is 0 Å². The van der Waals surface area contributed by atoms with E-state index in [9.17, 15) is 4.79 Å². The van der Waals surface area contributed by atoms with Gasteiger partial charge in [-0.25, -0.2) is 4.79 Å². The SMILES string of the molecule is COc1ccc(C(=O)OCc2ccccc2C[P+](c2ccccc2)(c2ccccc2)c2ccccc2)cc1.[Br-]. The van der Waals surface area contributed by atoms with Gasteiger partial charge in [0.1, 0.15) is 35.5 Å². The van der Waals surface area contributed by atoms with E-state index in [1.165, 1.54) is 21.5 Å². The number of carbonyl (C=O) groups is 1. The zero-order valence-corrected chi connectivity index (χ0v) is 24.2. The highest BCUT2D eigenvalue weighted by Gasteiger charge is 2.45.